The highest BCUT2D eigenvalue weighted by atomic mass is 19.4. The van der Waals surface area contributed by atoms with E-state index in [1.54, 1.807) is 4.90 Å². The molecular formula is C8H12F3NO. The van der Waals surface area contributed by atoms with Gasteiger partial charge in [-0.3, -0.25) is 4.90 Å². The number of β-amino-alcohol motifs (C(OH)–C–C–N with tert-alkyl or cyclic N) is 1. The van der Waals surface area contributed by atoms with Crippen LogP contribution in [0, 0.1) is 0 Å². The Bertz CT molecular complexity index is 214. The van der Waals surface area contributed by atoms with Crippen molar-refractivity contribution < 1.29 is 18.3 Å². The molecule has 0 bridgehead atoms. The summed E-state index contributed by atoms with van der Waals surface area (Å²) in [4.78, 5) is 1.74. The Kier molecular flexibility index (Phi) is 1.86. The summed E-state index contributed by atoms with van der Waals surface area (Å²) >= 11 is 0. The van der Waals surface area contributed by atoms with Crippen LogP contribution >= 0.6 is 0 Å². The third-order valence-corrected chi connectivity index (χ3v) is 2.87. The van der Waals surface area contributed by atoms with E-state index in [9.17, 15) is 18.3 Å². The lowest BCUT2D eigenvalue weighted by atomic mass is 10.0. The molecule has 5 heteroatoms. The van der Waals surface area contributed by atoms with Gasteiger partial charge in [-0.1, -0.05) is 0 Å². The molecule has 0 radical (unpaired) electrons. The van der Waals surface area contributed by atoms with Crippen molar-refractivity contribution in [3.8, 4) is 0 Å². The van der Waals surface area contributed by atoms with Crippen LogP contribution in [0.5, 0.6) is 0 Å². The summed E-state index contributed by atoms with van der Waals surface area (Å²) in [5, 5.41) is 9.31. The van der Waals surface area contributed by atoms with Gasteiger partial charge in [0.15, 0.2) is 5.60 Å². The molecule has 2 fully saturated rings. The maximum atomic E-state index is 12.3. The van der Waals surface area contributed by atoms with Crippen LogP contribution in [0.1, 0.15) is 19.3 Å². The van der Waals surface area contributed by atoms with Crippen molar-refractivity contribution in [1.29, 1.82) is 0 Å². The average molecular weight is 195 g/mol. The number of halogens is 3. The molecule has 0 spiro atoms. The first-order chi connectivity index (χ1) is 5.92. The normalized spacial score (nSPS) is 36.9. The van der Waals surface area contributed by atoms with Gasteiger partial charge in [-0.2, -0.15) is 13.2 Å². The molecule has 1 aliphatic heterocycles. The number of hydrogen-bond acceptors (Lipinski definition) is 2. The van der Waals surface area contributed by atoms with Crippen molar-refractivity contribution in [1.82, 2.24) is 4.90 Å². The third kappa shape index (κ3) is 1.55. The van der Waals surface area contributed by atoms with Crippen LogP contribution in [-0.4, -0.2) is 40.9 Å². The number of likely N-dealkylation sites (tertiary alicyclic amines) is 1. The van der Waals surface area contributed by atoms with Gasteiger partial charge in [0.2, 0.25) is 0 Å². The van der Waals surface area contributed by atoms with Gasteiger partial charge in [0.25, 0.3) is 0 Å². The molecule has 2 nitrogen and oxygen atoms in total. The van der Waals surface area contributed by atoms with Gasteiger partial charge in [-0.15, -0.1) is 0 Å². The zero-order valence-corrected chi connectivity index (χ0v) is 7.14. The summed E-state index contributed by atoms with van der Waals surface area (Å²) in [5.74, 6) is 0. The van der Waals surface area contributed by atoms with Crippen LogP contribution < -0.4 is 0 Å². The fourth-order valence-electron chi connectivity index (χ4n) is 1.81. The number of rotatable bonds is 1. The lowest BCUT2D eigenvalue weighted by Gasteiger charge is -2.25. The lowest BCUT2D eigenvalue weighted by molar-refractivity contribution is -0.254. The van der Waals surface area contributed by atoms with E-state index in [0.717, 1.165) is 12.8 Å². The summed E-state index contributed by atoms with van der Waals surface area (Å²) in [5.41, 5.74) is -2.45. The van der Waals surface area contributed by atoms with Crippen molar-refractivity contribution in [2.75, 3.05) is 13.1 Å². The first-order valence-corrected chi connectivity index (χ1v) is 4.45. The molecule has 1 saturated carbocycles. The minimum absolute atomic E-state index is 0.174. The predicted molar refractivity (Wildman–Crippen MR) is 40.2 cm³/mol. The van der Waals surface area contributed by atoms with E-state index in [4.69, 9.17) is 0 Å². The van der Waals surface area contributed by atoms with E-state index >= 15 is 0 Å². The number of hydrogen-bond donors (Lipinski definition) is 1. The van der Waals surface area contributed by atoms with Gasteiger partial charge >= 0.3 is 6.18 Å². The maximum Gasteiger partial charge on any atom is 0.418 e. The van der Waals surface area contributed by atoms with E-state index in [-0.39, 0.29) is 13.0 Å². The van der Waals surface area contributed by atoms with E-state index in [1.165, 1.54) is 0 Å². The summed E-state index contributed by atoms with van der Waals surface area (Å²) in [7, 11) is 0. The molecule has 0 aromatic heterocycles. The fourth-order valence-corrected chi connectivity index (χ4v) is 1.81. The van der Waals surface area contributed by atoms with Crippen molar-refractivity contribution in [3.05, 3.63) is 0 Å². The second kappa shape index (κ2) is 2.60. The molecule has 2 aliphatic rings. The second-order valence-electron chi connectivity index (χ2n) is 3.98. The van der Waals surface area contributed by atoms with Crippen molar-refractivity contribution in [3.63, 3.8) is 0 Å². The van der Waals surface area contributed by atoms with Gasteiger partial charge in [0.1, 0.15) is 0 Å². The standard InChI is InChI=1S/C8H12F3NO/c9-8(10,11)7(13)3-4-12(5-7)6-1-2-6/h6,13H,1-5H2. The first-order valence-electron chi connectivity index (χ1n) is 4.45. The number of nitrogens with zero attached hydrogens (tertiary/aromatic N) is 1. The zero-order chi connectivity index (χ0) is 9.69. The van der Waals surface area contributed by atoms with Crippen LogP contribution in [0.25, 0.3) is 0 Å². The minimum Gasteiger partial charge on any atom is -0.379 e. The summed E-state index contributed by atoms with van der Waals surface area (Å²) < 4.78 is 37.0. The van der Waals surface area contributed by atoms with E-state index < -0.39 is 11.8 Å². The van der Waals surface area contributed by atoms with Crippen molar-refractivity contribution in [2.45, 2.75) is 37.1 Å². The van der Waals surface area contributed by atoms with Crippen LogP contribution in [0.4, 0.5) is 13.2 Å². The molecule has 2 rings (SSSR count). The highest BCUT2D eigenvalue weighted by Crippen LogP contribution is 2.41. The molecule has 1 heterocycles. The molecule has 1 saturated heterocycles. The minimum atomic E-state index is -4.48. The summed E-state index contributed by atoms with van der Waals surface area (Å²) in [6, 6.07) is 0.302. The Hall–Kier alpha value is -0.290. The molecule has 1 unspecified atom stereocenters. The predicted octanol–water partition coefficient (Wildman–Crippen LogP) is 1.15. The van der Waals surface area contributed by atoms with Gasteiger partial charge in [0.05, 0.1) is 0 Å². The Balaban J connectivity index is 2.02. The van der Waals surface area contributed by atoms with Crippen LogP contribution in [0.15, 0.2) is 0 Å². The molecule has 1 N–H and O–H groups in total. The summed E-state index contributed by atoms with van der Waals surface area (Å²) in [6.07, 6.45) is -2.69. The molecule has 76 valence electrons. The molecule has 13 heavy (non-hydrogen) atoms. The maximum absolute atomic E-state index is 12.3. The molecule has 1 atom stereocenters. The zero-order valence-electron chi connectivity index (χ0n) is 7.14. The summed E-state index contributed by atoms with van der Waals surface area (Å²) in [6.45, 7) is 0.141. The van der Waals surface area contributed by atoms with Gasteiger partial charge in [-0.25, -0.2) is 0 Å². The first kappa shape index (κ1) is 9.27. The topological polar surface area (TPSA) is 23.5 Å². The molecular weight excluding hydrogens is 183 g/mol. The lowest BCUT2D eigenvalue weighted by Crippen LogP contribution is -2.47. The fraction of sp³-hybridized carbons (Fsp3) is 1.00. The smallest absolute Gasteiger partial charge is 0.379 e. The Morgan fingerprint density at radius 3 is 2.31 bits per heavy atom. The molecule has 1 aliphatic carbocycles. The highest BCUT2D eigenvalue weighted by molar-refractivity contribution is 5.00. The Labute approximate surface area is 74.3 Å². The van der Waals surface area contributed by atoms with E-state index in [2.05, 4.69) is 0 Å². The Morgan fingerprint density at radius 2 is 1.92 bits per heavy atom. The largest absolute Gasteiger partial charge is 0.418 e. The third-order valence-electron chi connectivity index (χ3n) is 2.87. The number of aliphatic hydroxyl groups is 1. The Morgan fingerprint density at radius 1 is 1.31 bits per heavy atom. The molecule has 0 aromatic carbocycles. The van der Waals surface area contributed by atoms with Gasteiger partial charge < -0.3 is 5.11 Å². The van der Waals surface area contributed by atoms with E-state index in [0.29, 0.717) is 12.6 Å². The second-order valence-corrected chi connectivity index (χ2v) is 3.98. The molecule has 0 aromatic rings. The van der Waals surface area contributed by atoms with Crippen molar-refractivity contribution in [2.24, 2.45) is 0 Å². The van der Waals surface area contributed by atoms with Crippen LogP contribution in [-0.2, 0) is 0 Å². The quantitative estimate of drug-likeness (QED) is 0.678. The average Bonchev–Trinajstić information content (AvgIpc) is 2.74. The van der Waals surface area contributed by atoms with Gasteiger partial charge in [0, 0.05) is 19.1 Å². The monoisotopic (exact) mass is 195 g/mol. The SMILES string of the molecule is OC1(C(F)(F)F)CCN(C2CC2)C1. The van der Waals surface area contributed by atoms with E-state index in [1.807, 2.05) is 0 Å². The highest BCUT2D eigenvalue weighted by Gasteiger charge is 2.58. The van der Waals surface area contributed by atoms with Gasteiger partial charge in [-0.05, 0) is 19.3 Å². The van der Waals surface area contributed by atoms with Crippen LogP contribution in [0.3, 0.4) is 0 Å². The van der Waals surface area contributed by atoms with Crippen molar-refractivity contribution >= 4 is 0 Å². The van der Waals surface area contributed by atoms with Crippen LogP contribution in [0.2, 0.25) is 0 Å². The molecule has 0 amide bonds. The number of alkyl halides is 3.